The molecule has 4 rings (SSSR count). The first-order valence-corrected chi connectivity index (χ1v) is 8.69. The van der Waals surface area contributed by atoms with Crippen molar-refractivity contribution in [1.29, 1.82) is 0 Å². The summed E-state index contributed by atoms with van der Waals surface area (Å²) in [6.45, 7) is 0. The topological polar surface area (TPSA) is 64.1 Å². The number of amides is 1. The number of halogens is 1. The summed E-state index contributed by atoms with van der Waals surface area (Å²) in [6.07, 6.45) is 4.05. The molecular formula is C20H16ClN3O2. The zero-order valence-electron chi connectivity index (χ0n) is 13.8. The van der Waals surface area contributed by atoms with Gasteiger partial charge < -0.3 is 10.1 Å². The first-order valence-electron chi connectivity index (χ1n) is 8.31. The summed E-state index contributed by atoms with van der Waals surface area (Å²) in [4.78, 5) is 20.5. The summed E-state index contributed by atoms with van der Waals surface area (Å²) in [5.41, 5.74) is 1.77. The summed E-state index contributed by atoms with van der Waals surface area (Å²) in [6, 6.07) is 16.8. The molecule has 0 bridgehead atoms. The van der Waals surface area contributed by atoms with E-state index < -0.39 is 0 Å². The van der Waals surface area contributed by atoms with Gasteiger partial charge in [-0.25, -0.2) is 9.97 Å². The van der Waals surface area contributed by atoms with Crippen molar-refractivity contribution in [2.45, 2.75) is 12.3 Å². The van der Waals surface area contributed by atoms with Gasteiger partial charge in [0.15, 0.2) is 0 Å². The number of ether oxygens (including phenoxy) is 1. The molecule has 1 aliphatic carbocycles. The molecule has 0 radical (unpaired) electrons. The van der Waals surface area contributed by atoms with Crippen molar-refractivity contribution in [2.75, 3.05) is 5.32 Å². The van der Waals surface area contributed by atoms with Crippen molar-refractivity contribution >= 4 is 23.2 Å². The number of nitrogens with zero attached hydrogens (tertiary/aromatic N) is 2. The number of anilines is 1. The van der Waals surface area contributed by atoms with E-state index in [0.717, 1.165) is 22.7 Å². The standard InChI is InChI=1S/C20H16ClN3O2/c21-18-5-2-1-4-15(18)16-12-17(16)19(25)24-13-6-8-14(9-7-13)26-20-22-10-3-11-23-20/h1-11,16-17H,12H2,(H,24,25)/t16-,17-/m0/s1. The molecule has 2 atom stereocenters. The largest absolute Gasteiger partial charge is 0.424 e. The summed E-state index contributed by atoms with van der Waals surface area (Å²) in [5.74, 6) is 0.773. The molecular weight excluding hydrogens is 350 g/mol. The van der Waals surface area contributed by atoms with Crippen LogP contribution >= 0.6 is 11.6 Å². The zero-order chi connectivity index (χ0) is 17.9. The highest BCUT2D eigenvalue weighted by Gasteiger charge is 2.44. The van der Waals surface area contributed by atoms with Crippen LogP contribution in [0.4, 0.5) is 5.69 Å². The van der Waals surface area contributed by atoms with Crippen molar-refractivity contribution in [3.8, 4) is 11.8 Å². The molecule has 1 heterocycles. The Hall–Kier alpha value is -2.92. The third-order valence-corrected chi connectivity index (χ3v) is 4.65. The Morgan fingerprint density at radius 2 is 1.77 bits per heavy atom. The fourth-order valence-corrected chi connectivity index (χ4v) is 3.16. The Morgan fingerprint density at radius 1 is 1.04 bits per heavy atom. The van der Waals surface area contributed by atoms with Gasteiger partial charge in [0.25, 0.3) is 0 Å². The third-order valence-electron chi connectivity index (χ3n) is 4.30. The van der Waals surface area contributed by atoms with Crippen LogP contribution in [0.15, 0.2) is 67.0 Å². The molecule has 0 aliphatic heterocycles. The Kier molecular flexibility index (Phi) is 4.54. The number of rotatable bonds is 5. The summed E-state index contributed by atoms with van der Waals surface area (Å²) in [5, 5.41) is 3.67. The maximum atomic E-state index is 12.4. The van der Waals surface area contributed by atoms with Crippen LogP contribution in [0.25, 0.3) is 0 Å². The highest BCUT2D eigenvalue weighted by atomic mass is 35.5. The number of hydrogen-bond acceptors (Lipinski definition) is 4. The average molecular weight is 366 g/mol. The van der Waals surface area contributed by atoms with Gasteiger partial charge in [0.2, 0.25) is 5.91 Å². The van der Waals surface area contributed by atoms with E-state index in [9.17, 15) is 4.79 Å². The lowest BCUT2D eigenvalue weighted by Gasteiger charge is -2.07. The van der Waals surface area contributed by atoms with E-state index in [1.165, 1.54) is 0 Å². The second kappa shape index (κ2) is 7.14. The molecule has 0 unspecified atom stereocenters. The lowest BCUT2D eigenvalue weighted by atomic mass is 10.1. The molecule has 1 fully saturated rings. The summed E-state index contributed by atoms with van der Waals surface area (Å²) < 4.78 is 5.54. The fraction of sp³-hybridized carbons (Fsp3) is 0.150. The minimum atomic E-state index is -0.0384. The van der Waals surface area contributed by atoms with Crippen LogP contribution in [0, 0.1) is 5.92 Å². The van der Waals surface area contributed by atoms with Gasteiger partial charge in [-0.05, 0) is 54.3 Å². The number of carbonyl (C=O) groups excluding carboxylic acids is 1. The predicted octanol–water partition coefficient (Wildman–Crippen LogP) is 4.66. The van der Waals surface area contributed by atoms with Crippen molar-refractivity contribution in [3.63, 3.8) is 0 Å². The van der Waals surface area contributed by atoms with Gasteiger partial charge in [-0.15, -0.1) is 0 Å². The SMILES string of the molecule is O=C(Nc1ccc(Oc2ncccn2)cc1)[C@H]1C[C@H]1c1ccccc1Cl. The number of carbonyl (C=O) groups is 1. The molecule has 1 N–H and O–H groups in total. The molecule has 5 nitrogen and oxygen atoms in total. The van der Waals surface area contributed by atoms with Crippen molar-refractivity contribution in [2.24, 2.45) is 5.92 Å². The van der Waals surface area contributed by atoms with E-state index in [4.69, 9.17) is 16.3 Å². The van der Waals surface area contributed by atoms with Gasteiger partial charge in [0, 0.05) is 29.0 Å². The first kappa shape index (κ1) is 16.5. The molecule has 1 aromatic heterocycles. The number of nitrogens with one attached hydrogen (secondary N) is 1. The molecule has 2 aromatic carbocycles. The lowest BCUT2D eigenvalue weighted by Crippen LogP contribution is -2.14. The minimum Gasteiger partial charge on any atom is -0.424 e. The highest BCUT2D eigenvalue weighted by molar-refractivity contribution is 6.31. The summed E-state index contributed by atoms with van der Waals surface area (Å²) in [7, 11) is 0. The van der Waals surface area contributed by atoms with E-state index in [1.54, 1.807) is 42.7 Å². The Balaban J connectivity index is 1.36. The quantitative estimate of drug-likeness (QED) is 0.714. The monoisotopic (exact) mass is 365 g/mol. The maximum absolute atomic E-state index is 12.4. The van der Waals surface area contributed by atoms with E-state index in [0.29, 0.717) is 5.75 Å². The number of benzene rings is 2. The normalized spacial score (nSPS) is 18.2. The van der Waals surface area contributed by atoms with Crippen LogP contribution in [-0.2, 0) is 4.79 Å². The van der Waals surface area contributed by atoms with Crippen molar-refractivity contribution < 1.29 is 9.53 Å². The van der Waals surface area contributed by atoms with Crippen molar-refractivity contribution in [3.05, 3.63) is 77.6 Å². The van der Waals surface area contributed by atoms with Crippen LogP contribution in [0.5, 0.6) is 11.8 Å². The zero-order valence-corrected chi connectivity index (χ0v) is 14.6. The minimum absolute atomic E-state index is 0.00924. The van der Waals surface area contributed by atoms with E-state index in [-0.39, 0.29) is 23.8 Å². The van der Waals surface area contributed by atoms with E-state index >= 15 is 0 Å². The van der Waals surface area contributed by atoms with Gasteiger partial charge in [-0.1, -0.05) is 29.8 Å². The molecule has 6 heteroatoms. The second-order valence-electron chi connectivity index (χ2n) is 6.12. The van der Waals surface area contributed by atoms with Crippen LogP contribution in [0.2, 0.25) is 5.02 Å². The lowest BCUT2D eigenvalue weighted by molar-refractivity contribution is -0.117. The fourth-order valence-electron chi connectivity index (χ4n) is 2.89. The Labute approximate surface area is 156 Å². The van der Waals surface area contributed by atoms with Gasteiger partial charge >= 0.3 is 6.01 Å². The molecule has 26 heavy (non-hydrogen) atoms. The van der Waals surface area contributed by atoms with Gasteiger partial charge in [0.1, 0.15) is 5.75 Å². The van der Waals surface area contributed by atoms with Gasteiger partial charge in [0.05, 0.1) is 0 Å². The molecule has 1 aliphatic rings. The van der Waals surface area contributed by atoms with Crippen LogP contribution in [0.3, 0.4) is 0 Å². The van der Waals surface area contributed by atoms with Crippen LogP contribution in [-0.4, -0.2) is 15.9 Å². The molecule has 0 spiro atoms. The third kappa shape index (κ3) is 3.68. The number of aromatic nitrogens is 2. The molecule has 1 saturated carbocycles. The maximum Gasteiger partial charge on any atom is 0.321 e. The average Bonchev–Trinajstić information content (AvgIpc) is 3.45. The van der Waals surface area contributed by atoms with Crippen LogP contribution in [0.1, 0.15) is 17.9 Å². The predicted molar refractivity (Wildman–Crippen MR) is 99.5 cm³/mol. The molecule has 130 valence electrons. The first-order chi connectivity index (χ1) is 12.7. The van der Waals surface area contributed by atoms with Crippen molar-refractivity contribution in [1.82, 2.24) is 9.97 Å². The molecule has 0 saturated heterocycles. The van der Waals surface area contributed by atoms with Gasteiger partial charge in [-0.3, -0.25) is 4.79 Å². The molecule has 1 amide bonds. The van der Waals surface area contributed by atoms with Gasteiger partial charge in [-0.2, -0.15) is 0 Å². The highest BCUT2D eigenvalue weighted by Crippen LogP contribution is 2.50. The Morgan fingerprint density at radius 3 is 2.50 bits per heavy atom. The Bertz CT molecular complexity index is 916. The smallest absolute Gasteiger partial charge is 0.321 e. The van der Waals surface area contributed by atoms with Crippen LogP contribution < -0.4 is 10.1 Å². The second-order valence-corrected chi connectivity index (χ2v) is 6.52. The summed E-state index contributed by atoms with van der Waals surface area (Å²) >= 11 is 6.22. The number of hydrogen-bond donors (Lipinski definition) is 1. The van der Waals surface area contributed by atoms with E-state index in [1.807, 2.05) is 24.3 Å². The van der Waals surface area contributed by atoms with E-state index in [2.05, 4.69) is 15.3 Å². The molecule has 3 aromatic rings.